The zero-order valence-corrected chi connectivity index (χ0v) is 25.5. The average Bonchev–Trinajstić information content (AvgIpc) is 3.26. The molecule has 0 spiro atoms. The van der Waals surface area contributed by atoms with E-state index in [4.69, 9.17) is 14.9 Å². The first-order valence-corrected chi connectivity index (χ1v) is 13.6. The highest BCUT2D eigenvalue weighted by Crippen LogP contribution is 2.36. The molecular weight excluding hydrogens is 601 g/mol. The lowest BCUT2D eigenvalue weighted by Crippen LogP contribution is -2.35. The van der Waals surface area contributed by atoms with E-state index in [2.05, 4.69) is 15.4 Å². The van der Waals surface area contributed by atoms with Crippen LogP contribution in [0.3, 0.4) is 0 Å². The molecule has 0 aromatic heterocycles. The van der Waals surface area contributed by atoms with Gasteiger partial charge in [0.15, 0.2) is 5.78 Å². The summed E-state index contributed by atoms with van der Waals surface area (Å²) < 4.78 is 52.0. The number of fused-ring (bicyclic) bond motifs is 1. The highest BCUT2D eigenvalue weighted by molar-refractivity contribution is 6.09. The largest absolute Gasteiger partial charge is 0.496 e. The van der Waals surface area contributed by atoms with E-state index in [9.17, 15) is 37.1 Å². The summed E-state index contributed by atoms with van der Waals surface area (Å²) in [6, 6.07) is 5.94. The topological polar surface area (TPSA) is 164 Å². The fourth-order valence-corrected chi connectivity index (χ4v) is 4.60. The summed E-state index contributed by atoms with van der Waals surface area (Å²) in [5.41, 5.74) is 0.994. The Balaban J connectivity index is 1.90. The van der Waals surface area contributed by atoms with Gasteiger partial charge in [0.05, 0.1) is 31.4 Å². The Kier molecular flexibility index (Phi) is 10.3. The molecule has 3 N–H and O–H groups in total. The third-order valence-electron chi connectivity index (χ3n) is 6.74. The monoisotopic (exact) mass is 634 g/mol. The fourth-order valence-electron chi connectivity index (χ4n) is 4.60. The number of nitrogens with zero attached hydrogens (tertiary/aromatic N) is 1. The van der Waals surface area contributed by atoms with Gasteiger partial charge in [-0.3, -0.25) is 19.8 Å². The number of amidine groups is 1. The number of esters is 2. The minimum absolute atomic E-state index is 0.000918. The molecule has 2 amide bonds. The van der Waals surface area contributed by atoms with Gasteiger partial charge in [-0.2, -0.15) is 13.2 Å². The summed E-state index contributed by atoms with van der Waals surface area (Å²) >= 11 is 0. The Hall–Kier alpha value is -4.95. The van der Waals surface area contributed by atoms with Crippen LogP contribution >= 0.6 is 0 Å². The molecule has 15 heteroatoms. The normalized spacial score (nSPS) is 12.7. The number of hydrogen-bond acceptors (Lipinski definition) is 9. The number of nitrogens with one attached hydrogen (secondary N) is 3. The lowest BCUT2D eigenvalue weighted by atomic mass is 9.83. The van der Waals surface area contributed by atoms with Crippen LogP contribution in [0.25, 0.3) is 0 Å². The maximum atomic E-state index is 13.6. The van der Waals surface area contributed by atoms with E-state index in [1.54, 1.807) is 33.8 Å². The second-order valence-corrected chi connectivity index (χ2v) is 10.9. The highest BCUT2D eigenvalue weighted by Gasteiger charge is 2.42. The van der Waals surface area contributed by atoms with Gasteiger partial charge in [-0.15, -0.1) is 0 Å². The third-order valence-corrected chi connectivity index (χ3v) is 6.74. The molecule has 45 heavy (non-hydrogen) atoms. The molecule has 0 radical (unpaired) electrons. The summed E-state index contributed by atoms with van der Waals surface area (Å²) in [7, 11) is 2.75. The number of benzene rings is 2. The molecule has 12 nitrogen and oxygen atoms in total. The second kappa shape index (κ2) is 13.4. The molecule has 0 fully saturated rings. The number of ether oxygens (including phenoxy) is 3. The number of amides is 2. The lowest BCUT2D eigenvalue weighted by molar-refractivity contribution is -0.201. The zero-order chi connectivity index (χ0) is 33.9. The Morgan fingerprint density at radius 2 is 1.67 bits per heavy atom. The molecule has 1 aliphatic heterocycles. The minimum atomic E-state index is -5.40. The Bertz CT molecular complexity index is 1560. The van der Waals surface area contributed by atoms with Crippen molar-refractivity contribution in [1.82, 2.24) is 15.5 Å². The van der Waals surface area contributed by atoms with Gasteiger partial charge < -0.3 is 29.7 Å². The molecule has 0 atom stereocenters. The highest BCUT2D eigenvalue weighted by atomic mass is 19.4. The van der Waals surface area contributed by atoms with Crippen LogP contribution in [0.4, 0.5) is 13.2 Å². The Labute approximate surface area is 256 Å². The first-order valence-electron chi connectivity index (χ1n) is 13.6. The molecule has 0 aliphatic carbocycles. The molecule has 2 aromatic rings. The first kappa shape index (κ1) is 34.5. The van der Waals surface area contributed by atoms with Gasteiger partial charge >= 0.3 is 18.1 Å². The summed E-state index contributed by atoms with van der Waals surface area (Å²) in [5, 5.41) is 13.3. The number of methoxy groups -OCH3 is 1. The molecule has 3 rings (SSSR count). The van der Waals surface area contributed by atoms with Crippen molar-refractivity contribution in [3.63, 3.8) is 0 Å². The van der Waals surface area contributed by atoms with E-state index >= 15 is 0 Å². The first-order chi connectivity index (χ1) is 20.9. The predicted molar refractivity (Wildman–Crippen MR) is 154 cm³/mol. The van der Waals surface area contributed by atoms with E-state index in [-0.39, 0.29) is 41.4 Å². The number of ketones is 1. The number of rotatable bonds is 10. The molecule has 0 unspecified atom stereocenters. The van der Waals surface area contributed by atoms with Crippen LogP contribution in [0, 0.1) is 5.41 Å². The van der Waals surface area contributed by atoms with Crippen molar-refractivity contribution in [2.75, 3.05) is 33.9 Å². The summed E-state index contributed by atoms with van der Waals surface area (Å²) in [4.78, 5) is 63.3. The minimum Gasteiger partial charge on any atom is -0.496 e. The summed E-state index contributed by atoms with van der Waals surface area (Å²) in [5.74, 6) is -5.84. The van der Waals surface area contributed by atoms with E-state index in [1.165, 1.54) is 37.3 Å². The van der Waals surface area contributed by atoms with Crippen LogP contribution in [0.15, 0.2) is 24.3 Å². The van der Waals surface area contributed by atoms with Gasteiger partial charge in [0.1, 0.15) is 23.9 Å². The van der Waals surface area contributed by atoms with E-state index in [0.717, 1.165) is 0 Å². The molecule has 1 aliphatic rings. The standard InChI is InChI=1S/C30H33F3N4O8/c1-7-44-22-10-16-13-37(25(34)17(16)11-18(22)26(40)35-5)14-21(38)15-8-19(24(43-6)20(9-15)29(2,3)4)27(41)36-12-23(39)45-28(42)30(31,32)33/h8-11,34H,7,12-14H2,1-6H3,(H,35,40)(H,36,41). The quantitative estimate of drug-likeness (QED) is 0.202. The van der Waals surface area contributed by atoms with Gasteiger partial charge in [0.2, 0.25) is 0 Å². The second-order valence-electron chi connectivity index (χ2n) is 10.9. The van der Waals surface area contributed by atoms with Gasteiger partial charge in [-0.1, -0.05) is 20.8 Å². The molecule has 1 heterocycles. The van der Waals surface area contributed by atoms with Crippen molar-refractivity contribution < 1.29 is 51.4 Å². The number of hydrogen-bond donors (Lipinski definition) is 3. The molecule has 2 aromatic carbocycles. The average molecular weight is 635 g/mol. The van der Waals surface area contributed by atoms with E-state index < -0.39 is 47.7 Å². The van der Waals surface area contributed by atoms with Crippen LogP contribution < -0.4 is 20.1 Å². The zero-order valence-electron chi connectivity index (χ0n) is 25.5. The van der Waals surface area contributed by atoms with Crippen molar-refractivity contribution in [1.29, 1.82) is 5.41 Å². The fraction of sp³-hybridized carbons (Fsp3) is 0.400. The number of alkyl halides is 3. The number of carbonyl (C=O) groups is 5. The molecule has 0 bridgehead atoms. The maximum absolute atomic E-state index is 13.6. The number of carbonyl (C=O) groups excluding carboxylic acids is 5. The summed E-state index contributed by atoms with van der Waals surface area (Å²) in [6.45, 7) is 6.29. The summed E-state index contributed by atoms with van der Waals surface area (Å²) in [6.07, 6.45) is -5.40. The predicted octanol–water partition coefficient (Wildman–Crippen LogP) is 3.14. The van der Waals surface area contributed by atoms with Crippen LogP contribution in [-0.4, -0.2) is 80.3 Å². The van der Waals surface area contributed by atoms with E-state index in [1.807, 2.05) is 0 Å². The van der Waals surface area contributed by atoms with Crippen LogP contribution in [0.5, 0.6) is 11.5 Å². The molecular formula is C30H33F3N4O8. The van der Waals surface area contributed by atoms with E-state index in [0.29, 0.717) is 29.0 Å². The van der Waals surface area contributed by atoms with Gasteiger partial charge in [-0.05, 0) is 42.2 Å². The number of halogens is 3. The van der Waals surface area contributed by atoms with Crippen molar-refractivity contribution in [2.24, 2.45) is 0 Å². The molecule has 0 saturated carbocycles. The van der Waals surface area contributed by atoms with Crippen molar-refractivity contribution in [2.45, 2.75) is 45.8 Å². The van der Waals surface area contributed by atoms with Crippen molar-refractivity contribution in [3.05, 3.63) is 57.6 Å². The van der Waals surface area contributed by atoms with Crippen LogP contribution in [0.1, 0.15) is 75.5 Å². The molecule has 242 valence electrons. The van der Waals surface area contributed by atoms with Crippen molar-refractivity contribution >= 4 is 35.4 Å². The maximum Gasteiger partial charge on any atom is 0.491 e. The van der Waals surface area contributed by atoms with Crippen molar-refractivity contribution in [3.8, 4) is 11.5 Å². The lowest BCUT2D eigenvalue weighted by Gasteiger charge is -2.25. The smallest absolute Gasteiger partial charge is 0.491 e. The SMILES string of the molecule is CCOc1cc2c(cc1C(=O)NC)C(=N)N(CC(=O)c1cc(C(=O)NCC(=O)OC(=O)C(F)(F)F)c(OC)c(C(C)(C)C)c1)C2. The van der Waals surface area contributed by atoms with Crippen LogP contribution in [0.2, 0.25) is 0 Å². The third kappa shape index (κ3) is 7.77. The van der Waals surface area contributed by atoms with Gasteiger partial charge in [0, 0.05) is 30.3 Å². The number of Topliss-reactive ketones (excluding diaryl/α,β-unsaturated/α-hetero) is 1. The van der Waals surface area contributed by atoms with Gasteiger partial charge in [0.25, 0.3) is 11.8 Å². The Morgan fingerprint density at radius 1 is 1.00 bits per heavy atom. The Morgan fingerprint density at radius 3 is 2.22 bits per heavy atom. The van der Waals surface area contributed by atoms with Gasteiger partial charge in [-0.25, -0.2) is 9.59 Å². The molecule has 0 saturated heterocycles. The van der Waals surface area contributed by atoms with Crippen LogP contribution in [-0.2, 0) is 26.3 Å².